The van der Waals surface area contributed by atoms with Crippen LogP contribution in [-0.2, 0) is 14.4 Å². The summed E-state index contributed by atoms with van der Waals surface area (Å²) < 4.78 is 0. The maximum absolute atomic E-state index is 13.2. The molecule has 0 spiro atoms. The molecule has 3 amide bonds. The molecule has 29 heavy (non-hydrogen) atoms. The minimum absolute atomic E-state index is 0.0539. The number of amides is 3. The predicted octanol–water partition coefficient (Wildman–Crippen LogP) is 2.81. The molecule has 3 saturated heterocycles. The average molecular weight is 404 g/mol. The molecule has 0 unspecified atom stereocenters. The van der Waals surface area contributed by atoms with E-state index in [1.807, 2.05) is 14.7 Å². The van der Waals surface area contributed by atoms with Crippen LogP contribution in [0.2, 0.25) is 0 Å². The monoisotopic (exact) mass is 403 g/mol. The van der Waals surface area contributed by atoms with Gasteiger partial charge in [0.05, 0.1) is 5.92 Å². The third-order valence-corrected chi connectivity index (χ3v) is 7.63. The highest BCUT2D eigenvalue weighted by Crippen LogP contribution is 2.29. The van der Waals surface area contributed by atoms with Crippen LogP contribution in [0.15, 0.2) is 0 Å². The topological polar surface area (TPSA) is 60.9 Å². The van der Waals surface area contributed by atoms with Crippen LogP contribution in [0.3, 0.4) is 0 Å². The summed E-state index contributed by atoms with van der Waals surface area (Å²) in [6.45, 7) is 3.80. The molecule has 0 bridgehead atoms. The quantitative estimate of drug-likeness (QED) is 0.681. The van der Waals surface area contributed by atoms with E-state index in [0.29, 0.717) is 44.4 Å². The lowest BCUT2D eigenvalue weighted by molar-refractivity contribution is -0.147. The molecule has 6 heteroatoms. The van der Waals surface area contributed by atoms with Crippen molar-refractivity contribution in [1.82, 2.24) is 14.7 Å². The molecular weight excluding hydrogens is 366 g/mol. The minimum atomic E-state index is -0.0539. The highest BCUT2D eigenvalue weighted by atomic mass is 16.2. The fourth-order valence-electron chi connectivity index (χ4n) is 5.80. The number of carbonyl (C=O) groups is 3. The van der Waals surface area contributed by atoms with Gasteiger partial charge in [0.15, 0.2) is 0 Å². The maximum Gasteiger partial charge on any atom is 0.227 e. The molecule has 1 aliphatic carbocycles. The van der Waals surface area contributed by atoms with Crippen LogP contribution in [0.25, 0.3) is 0 Å². The zero-order valence-corrected chi connectivity index (χ0v) is 17.8. The van der Waals surface area contributed by atoms with Gasteiger partial charge in [0.1, 0.15) is 0 Å². The maximum atomic E-state index is 13.2. The van der Waals surface area contributed by atoms with Crippen LogP contribution < -0.4 is 0 Å². The average Bonchev–Trinajstić information content (AvgIpc) is 3.16. The van der Waals surface area contributed by atoms with Crippen LogP contribution in [0.1, 0.15) is 77.0 Å². The molecule has 1 saturated carbocycles. The molecule has 0 aromatic rings. The molecule has 4 aliphatic rings. The van der Waals surface area contributed by atoms with Gasteiger partial charge in [0.2, 0.25) is 17.7 Å². The molecule has 0 aromatic carbocycles. The van der Waals surface area contributed by atoms with Crippen molar-refractivity contribution in [3.8, 4) is 0 Å². The molecule has 3 aliphatic heterocycles. The van der Waals surface area contributed by atoms with E-state index >= 15 is 0 Å². The molecule has 6 nitrogen and oxygen atoms in total. The van der Waals surface area contributed by atoms with Crippen molar-refractivity contribution >= 4 is 17.7 Å². The number of nitrogens with zero attached hydrogens (tertiary/aromatic N) is 3. The first-order chi connectivity index (χ1) is 14.1. The van der Waals surface area contributed by atoms with Gasteiger partial charge in [-0.2, -0.15) is 0 Å². The zero-order chi connectivity index (χ0) is 20.2. The van der Waals surface area contributed by atoms with Gasteiger partial charge in [-0.05, 0) is 44.9 Å². The predicted molar refractivity (Wildman–Crippen MR) is 111 cm³/mol. The van der Waals surface area contributed by atoms with Crippen LogP contribution in [0.5, 0.6) is 0 Å². The van der Waals surface area contributed by atoms with Crippen LogP contribution in [0.4, 0.5) is 0 Å². The van der Waals surface area contributed by atoms with Gasteiger partial charge in [0.25, 0.3) is 0 Å². The van der Waals surface area contributed by atoms with E-state index in [2.05, 4.69) is 0 Å². The summed E-state index contributed by atoms with van der Waals surface area (Å²) in [5.74, 6) is 0.797. The van der Waals surface area contributed by atoms with Gasteiger partial charge in [-0.1, -0.05) is 25.7 Å². The first kappa shape index (κ1) is 20.7. The van der Waals surface area contributed by atoms with Gasteiger partial charge in [-0.25, -0.2) is 0 Å². The number of hydrogen-bond donors (Lipinski definition) is 0. The van der Waals surface area contributed by atoms with E-state index in [1.165, 1.54) is 25.7 Å². The van der Waals surface area contributed by atoms with Crippen molar-refractivity contribution in [3.05, 3.63) is 0 Å². The fraction of sp³-hybridized carbons (Fsp3) is 0.870. The Morgan fingerprint density at radius 2 is 1.24 bits per heavy atom. The van der Waals surface area contributed by atoms with Gasteiger partial charge in [0, 0.05) is 51.1 Å². The van der Waals surface area contributed by atoms with Gasteiger partial charge < -0.3 is 14.7 Å². The molecule has 3 heterocycles. The Morgan fingerprint density at radius 3 is 1.90 bits per heavy atom. The van der Waals surface area contributed by atoms with Crippen LogP contribution >= 0.6 is 0 Å². The lowest BCUT2D eigenvalue weighted by Crippen LogP contribution is -2.52. The summed E-state index contributed by atoms with van der Waals surface area (Å²) in [7, 11) is 0. The van der Waals surface area contributed by atoms with Gasteiger partial charge in [-0.3, -0.25) is 14.4 Å². The molecular formula is C23H37N3O3. The second kappa shape index (κ2) is 9.48. The minimum Gasteiger partial charge on any atom is -0.342 e. The van der Waals surface area contributed by atoms with Crippen molar-refractivity contribution in [3.63, 3.8) is 0 Å². The Morgan fingerprint density at radius 1 is 0.655 bits per heavy atom. The third-order valence-electron chi connectivity index (χ3n) is 7.63. The number of hydrogen-bond acceptors (Lipinski definition) is 3. The van der Waals surface area contributed by atoms with E-state index in [1.54, 1.807) is 0 Å². The van der Waals surface area contributed by atoms with E-state index in [9.17, 15) is 14.4 Å². The Balaban J connectivity index is 1.30. The van der Waals surface area contributed by atoms with Crippen molar-refractivity contribution < 1.29 is 14.4 Å². The van der Waals surface area contributed by atoms with Crippen molar-refractivity contribution in [2.24, 2.45) is 11.8 Å². The van der Waals surface area contributed by atoms with E-state index < -0.39 is 0 Å². The normalized spacial score (nSPS) is 27.9. The molecule has 0 N–H and O–H groups in total. The second-order valence-electron chi connectivity index (χ2n) is 9.56. The highest BCUT2D eigenvalue weighted by molar-refractivity contribution is 5.84. The summed E-state index contributed by atoms with van der Waals surface area (Å²) in [4.78, 5) is 44.4. The summed E-state index contributed by atoms with van der Waals surface area (Å²) in [6.07, 6.45) is 12.2. The molecule has 0 radical (unpaired) electrons. The SMILES string of the molecule is O=C(C1CCN(C(=O)[C@@H]2CCC(=O)N(C3CCCCCC3)C2)CC1)N1CCCC1. The van der Waals surface area contributed by atoms with E-state index in [4.69, 9.17) is 0 Å². The second-order valence-corrected chi connectivity index (χ2v) is 9.56. The van der Waals surface area contributed by atoms with Crippen LogP contribution in [-0.4, -0.2) is 71.2 Å². The number of likely N-dealkylation sites (tertiary alicyclic amines) is 3. The van der Waals surface area contributed by atoms with Gasteiger partial charge in [-0.15, -0.1) is 0 Å². The van der Waals surface area contributed by atoms with Crippen molar-refractivity contribution in [2.75, 3.05) is 32.7 Å². The Hall–Kier alpha value is -1.59. The Bertz CT molecular complexity index is 600. The van der Waals surface area contributed by atoms with E-state index in [-0.39, 0.29) is 23.7 Å². The number of piperidine rings is 2. The summed E-state index contributed by atoms with van der Waals surface area (Å²) in [6, 6.07) is 0.337. The Kier molecular flexibility index (Phi) is 6.76. The largest absolute Gasteiger partial charge is 0.342 e. The summed E-state index contributed by atoms with van der Waals surface area (Å²) >= 11 is 0. The zero-order valence-electron chi connectivity index (χ0n) is 17.8. The van der Waals surface area contributed by atoms with Crippen molar-refractivity contribution in [2.45, 2.75) is 83.1 Å². The number of carbonyl (C=O) groups excluding carboxylic acids is 3. The lowest BCUT2D eigenvalue weighted by Gasteiger charge is -2.40. The first-order valence-corrected chi connectivity index (χ1v) is 12.0. The number of rotatable bonds is 3. The van der Waals surface area contributed by atoms with Gasteiger partial charge >= 0.3 is 0 Å². The fourth-order valence-corrected chi connectivity index (χ4v) is 5.80. The highest BCUT2D eigenvalue weighted by Gasteiger charge is 2.38. The molecule has 1 atom stereocenters. The van der Waals surface area contributed by atoms with Crippen molar-refractivity contribution in [1.29, 1.82) is 0 Å². The molecule has 162 valence electrons. The van der Waals surface area contributed by atoms with Crippen LogP contribution in [0, 0.1) is 11.8 Å². The molecule has 4 fully saturated rings. The smallest absolute Gasteiger partial charge is 0.227 e. The third kappa shape index (κ3) is 4.77. The first-order valence-electron chi connectivity index (χ1n) is 12.0. The lowest BCUT2D eigenvalue weighted by atomic mass is 9.90. The van der Waals surface area contributed by atoms with E-state index in [0.717, 1.165) is 51.6 Å². The molecule has 0 aromatic heterocycles. The standard InChI is InChI=1S/C23H37N3O3/c27-21-10-9-19(17-26(21)20-7-3-1-2-4-8-20)23(29)25-15-11-18(12-16-25)22(28)24-13-5-6-14-24/h18-20H,1-17H2/t19-/m1/s1. The summed E-state index contributed by atoms with van der Waals surface area (Å²) in [5.41, 5.74) is 0. The summed E-state index contributed by atoms with van der Waals surface area (Å²) in [5, 5.41) is 0. The molecule has 4 rings (SSSR count). The Labute approximate surface area is 175 Å².